The Balaban J connectivity index is 1.31. The molecule has 5 nitrogen and oxygen atoms in total. The van der Waals surface area contributed by atoms with E-state index in [2.05, 4.69) is 15.5 Å². The third-order valence-electron chi connectivity index (χ3n) is 4.76. The predicted molar refractivity (Wildman–Crippen MR) is 105 cm³/mol. The molecule has 1 aliphatic heterocycles. The second-order valence-electron chi connectivity index (χ2n) is 6.74. The van der Waals surface area contributed by atoms with Gasteiger partial charge in [0, 0.05) is 25.3 Å². The fourth-order valence-corrected chi connectivity index (χ4v) is 3.54. The normalized spacial score (nSPS) is 18.9. The van der Waals surface area contributed by atoms with Gasteiger partial charge in [-0.2, -0.15) is 0 Å². The molecule has 1 aromatic carbocycles. The molecule has 0 unspecified atom stereocenters. The lowest BCUT2D eigenvalue weighted by atomic mass is 10.3. The fourth-order valence-electron chi connectivity index (χ4n) is 3.32. The van der Waals surface area contributed by atoms with Gasteiger partial charge in [-0.05, 0) is 75.1 Å². The standard InChI is InChI=1S/C19H29N3O2S/c25-19(20-10-3-11-22-12-14-23-15-13-22)21-16-6-8-18(9-7-16)24-17-4-1-2-5-17/h6-9,17H,1-5,10-15H2,(H2,20,21,25). The Labute approximate surface area is 156 Å². The Bertz CT molecular complexity index is 526. The minimum absolute atomic E-state index is 0.396. The number of morpholine rings is 1. The molecule has 1 saturated heterocycles. The highest BCUT2D eigenvalue weighted by Gasteiger charge is 2.16. The molecule has 1 aliphatic carbocycles. The average molecular weight is 364 g/mol. The first kappa shape index (κ1) is 18.4. The van der Waals surface area contributed by atoms with Crippen molar-refractivity contribution < 1.29 is 9.47 Å². The van der Waals surface area contributed by atoms with E-state index < -0.39 is 0 Å². The molecular formula is C19H29N3O2S. The minimum Gasteiger partial charge on any atom is -0.490 e. The zero-order chi connectivity index (χ0) is 17.3. The van der Waals surface area contributed by atoms with Crippen LogP contribution in [0, 0.1) is 0 Å². The molecule has 6 heteroatoms. The van der Waals surface area contributed by atoms with Gasteiger partial charge >= 0.3 is 0 Å². The van der Waals surface area contributed by atoms with E-state index in [1.54, 1.807) is 0 Å². The molecule has 1 heterocycles. The first-order valence-electron chi connectivity index (χ1n) is 9.41. The lowest BCUT2D eigenvalue weighted by Gasteiger charge is -2.26. The van der Waals surface area contributed by atoms with Crippen LogP contribution < -0.4 is 15.4 Å². The molecule has 0 atom stereocenters. The van der Waals surface area contributed by atoms with Crippen molar-refractivity contribution in [2.24, 2.45) is 0 Å². The Kier molecular flexibility index (Phi) is 7.33. The molecule has 3 rings (SSSR count). The Morgan fingerprint density at radius 3 is 2.60 bits per heavy atom. The van der Waals surface area contributed by atoms with Crippen molar-refractivity contribution in [3.05, 3.63) is 24.3 Å². The quantitative estimate of drug-likeness (QED) is 0.574. The van der Waals surface area contributed by atoms with Gasteiger partial charge in [-0.3, -0.25) is 4.90 Å². The summed E-state index contributed by atoms with van der Waals surface area (Å²) in [6, 6.07) is 8.07. The number of thiocarbonyl (C=S) groups is 1. The first-order valence-corrected chi connectivity index (χ1v) is 9.82. The summed E-state index contributed by atoms with van der Waals surface area (Å²) in [6.07, 6.45) is 6.41. The van der Waals surface area contributed by atoms with E-state index in [0.717, 1.165) is 57.3 Å². The average Bonchev–Trinajstić information content (AvgIpc) is 3.14. The highest BCUT2D eigenvalue weighted by atomic mass is 32.1. The van der Waals surface area contributed by atoms with Crippen LogP contribution in [0.15, 0.2) is 24.3 Å². The monoisotopic (exact) mass is 363 g/mol. The van der Waals surface area contributed by atoms with Gasteiger partial charge < -0.3 is 20.1 Å². The van der Waals surface area contributed by atoms with Crippen molar-refractivity contribution in [2.45, 2.75) is 38.2 Å². The molecule has 0 radical (unpaired) electrons. The number of hydrogen-bond donors (Lipinski definition) is 2. The van der Waals surface area contributed by atoms with E-state index in [-0.39, 0.29) is 0 Å². The molecule has 0 aromatic heterocycles. The molecule has 1 aromatic rings. The van der Waals surface area contributed by atoms with Gasteiger partial charge in [-0.25, -0.2) is 0 Å². The van der Waals surface area contributed by atoms with E-state index in [9.17, 15) is 0 Å². The highest BCUT2D eigenvalue weighted by molar-refractivity contribution is 7.80. The van der Waals surface area contributed by atoms with Crippen LogP contribution in [-0.4, -0.2) is 55.5 Å². The number of ether oxygens (including phenoxy) is 2. The van der Waals surface area contributed by atoms with Gasteiger partial charge in [-0.15, -0.1) is 0 Å². The zero-order valence-corrected chi connectivity index (χ0v) is 15.7. The molecule has 0 amide bonds. The van der Waals surface area contributed by atoms with Crippen molar-refractivity contribution in [3.63, 3.8) is 0 Å². The van der Waals surface area contributed by atoms with E-state index in [1.807, 2.05) is 24.3 Å². The van der Waals surface area contributed by atoms with Crippen molar-refractivity contribution in [2.75, 3.05) is 44.7 Å². The summed E-state index contributed by atoms with van der Waals surface area (Å²) < 4.78 is 11.3. The number of nitrogens with zero attached hydrogens (tertiary/aromatic N) is 1. The second kappa shape index (κ2) is 9.94. The van der Waals surface area contributed by atoms with Crippen LogP contribution in [0.5, 0.6) is 5.75 Å². The summed E-state index contributed by atoms with van der Waals surface area (Å²) in [4.78, 5) is 2.44. The van der Waals surface area contributed by atoms with Crippen LogP contribution >= 0.6 is 12.2 Å². The van der Waals surface area contributed by atoms with E-state index in [4.69, 9.17) is 21.7 Å². The summed E-state index contributed by atoms with van der Waals surface area (Å²) in [6.45, 7) is 5.76. The molecule has 138 valence electrons. The summed E-state index contributed by atoms with van der Waals surface area (Å²) >= 11 is 5.37. The maximum Gasteiger partial charge on any atom is 0.170 e. The first-order chi connectivity index (χ1) is 12.3. The Morgan fingerprint density at radius 1 is 1.16 bits per heavy atom. The second-order valence-corrected chi connectivity index (χ2v) is 7.15. The summed E-state index contributed by atoms with van der Waals surface area (Å²) in [5.41, 5.74) is 0.990. The molecule has 2 fully saturated rings. The topological polar surface area (TPSA) is 45.8 Å². The van der Waals surface area contributed by atoms with Crippen molar-refractivity contribution in [1.29, 1.82) is 0 Å². The van der Waals surface area contributed by atoms with Crippen LogP contribution in [-0.2, 0) is 4.74 Å². The maximum absolute atomic E-state index is 5.98. The molecular weight excluding hydrogens is 334 g/mol. The number of rotatable bonds is 7. The lowest BCUT2D eigenvalue weighted by molar-refractivity contribution is 0.0376. The van der Waals surface area contributed by atoms with Gasteiger partial charge in [0.2, 0.25) is 0 Å². The molecule has 0 spiro atoms. The smallest absolute Gasteiger partial charge is 0.170 e. The minimum atomic E-state index is 0.396. The van der Waals surface area contributed by atoms with E-state index in [0.29, 0.717) is 11.2 Å². The number of anilines is 1. The van der Waals surface area contributed by atoms with Gasteiger partial charge in [0.05, 0.1) is 19.3 Å². The largest absolute Gasteiger partial charge is 0.490 e. The lowest BCUT2D eigenvalue weighted by Crippen LogP contribution is -2.38. The SMILES string of the molecule is S=C(NCCCN1CCOCC1)Nc1ccc(OC2CCCC2)cc1. The predicted octanol–water partition coefficient (Wildman–Crippen LogP) is 3.02. The summed E-state index contributed by atoms with van der Waals surface area (Å²) in [5, 5.41) is 7.18. The maximum atomic E-state index is 5.98. The van der Waals surface area contributed by atoms with Crippen LogP contribution in [0.25, 0.3) is 0 Å². The van der Waals surface area contributed by atoms with Crippen molar-refractivity contribution in [1.82, 2.24) is 10.2 Å². The van der Waals surface area contributed by atoms with Crippen LogP contribution in [0.1, 0.15) is 32.1 Å². The van der Waals surface area contributed by atoms with Crippen LogP contribution in [0.4, 0.5) is 5.69 Å². The van der Waals surface area contributed by atoms with E-state index in [1.165, 1.54) is 25.7 Å². The molecule has 2 aliphatic rings. The van der Waals surface area contributed by atoms with Gasteiger partial charge in [-0.1, -0.05) is 0 Å². The van der Waals surface area contributed by atoms with Crippen LogP contribution in [0.3, 0.4) is 0 Å². The molecule has 2 N–H and O–H groups in total. The van der Waals surface area contributed by atoms with Gasteiger partial charge in [0.15, 0.2) is 5.11 Å². The third-order valence-corrected chi connectivity index (χ3v) is 5.00. The summed E-state index contributed by atoms with van der Waals surface area (Å²) in [7, 11) is 0. The Morgan fingerprint density at radius 2 is 1.88 bits per heavy atom. The number of nitrogens with one attached hydrogen (secondary N) is 2. The molecule has 25 heavy (non-hydrogen) atoms. The molecule has 0 bridgehead atoms. The number of hydrogen-bond acceptors (Lipinski definition) is 4. The van der Waals surface area contributed by atoms with Gasteiger partial charge in [0.1, 0.15) is 5.75 Å². The fraction of sp³-hybridized carbons (Fsp3) is 0.632. The molecule has 1 saturated carbocycles. The Hall–Kier alpha value is -1.37. The number of benzene rings is 1. The zero-order valence-electron chi connectivity index (χ0n) is 14.8. The van der Waals surface area contributed by atoms with Crippen LogP contribution in [0.2, 0.25) is 0 Å². The summed E-state index contributed by atoms with van der Waals surface area (Å²) in [5.74, 6) is 0.946. The van der Waals surface area contributed by atoms with Crippen molar-refractivity contribution >= 4 is 23.0 Å². The van der Waals surface area contributed by atoms with Gasteiger partial charge in [0.25, 0.3) is 0 Å². The van der Waals surface area contributed by atoms with Crippen molar-refractivity contribution in [3.8, 4) is 5.75 Å². The third kappa shape index (κ3) is 6.45. The van der Waals surface area contributed by atoms with E-state index >= 15 is 0 Å². The highest BCUT2D eigenvalue weighted by Crippen LogP contribution is 2.24.